The van der Waals surface area contributed by atoms with E-state index < -0.39 is 11.8 Å². The molecule has 0 saturated heterocycles. The number of hydrogen-bond acceptors (Lipinski definition) is 6. The summed E-state index contributed by atoms with van der Waals surface area (Å²) in [6.45, 7) is 0.730. The zero-order valence-electron chi connectivity index (χ0n) is 12.5. The van der Waals surface area contributed by atoms with Gasteiger partial charge in [0.2, 0.25) is 11.8 Å². The maximum atomic E-state index is 11.5. The van der Waals surface area contributed by atoms with E-state index in [1.165, 1.54) is 26.5 Å². The second kappa shape index (κ2) is 9.35. The van der Waals surface area contributed by atoms with Crippen LogP contribution in [0.2, 0.25) is 0 Å². The molecule has 0 aliphatic heterocycles. The van der Waals surface area contributed by atoms with Crippen molar-refractivity contribution in [3.05, 3.63) is 23.8 Å². The van der Waals surface area contributed by atoms with Gasteiger partial charge in [-0.25, -0.2) is 5.43 Å². The Kier molecular flexibility index (Phi) is 7.41. The first-order valence-corrected chi connectivity index (χ1v) is 6.51. The first kappa shape index (κ1) is 17.4. The fraction of sp³-hybridized carbons (Fsp3) is 0.357. The number of nitrogens with zero attached hydrogens (tertiary/aromatic N) is 1. The van der Waals surface area contributed by atoms with Gasteiger partial charge in [-0.2, -0.15) is 5.10 Å². The lowest BCUT2D eigenvalue weighted by molar-refractivity contribution is -0.129. The van der Waals surface area contributed by atoms with Crippen molar-refractivity contribution in [1.82, 2.24) is 10.7 Å². The van der Waals surface area contributed by atoms with Crippen LogP contribution in [-0.4, -0.2) is 50.5 Å². The standard InChI is InChI=1S/C14H19N3O5/c1-21-6-5-15-13(19)8-14(20)17-16-9-10-3-4-11(18)12(7-10)22-2/h3-4,7,9,18H,5-6,8H2,1-2H3,(H,15,19)(H,17,20)/b16-9-. The highest BCUT2D eigenvalue weighted by Gasteiger charge is 2.07. The molecule has 22 heavy (non-hydrogen) atoms. The monoisotopic (exact) mass is 309 g/mol. The molecule has 1 aromatic carbocycles. The lowest BCUT2D eigenvalue weighted by Crippen LogP contribution is -2.31. The largest absolute Gasteiger partial charge is 0.504 e. The topological polar surface area (TPSA) is 109 Å². The minimum absolute atomic E-state index is 0.0106. The molecule has 0 aliphatic rings. The number of rotatable bonds is 8. The Morgan fingerprint density at radius 2 is 2.09 bits per heavy atom. The summed E-state index contributed by atoms with van der Waals surface area (Å²) in [5, 5.41) is 15.7. The Hall–Kier alpha value is -2.61. The number of carbonyl (C=O) groups excluding carboxylic acids is 2. The van der Waals surface area contributed by atoms with Gasteiger partial charge in [0.05, 0.1) is 19.9 Å². The van der Waals surface area contributed by atoms with E-state index in [4.69, 9.17) is 9.47 Å². The summed E-state index contributed by atoms with van der Waals surface area (Å²) in [4.78, 5) is 22.8. The number of aromatic hydroxyl groups is 1. The van der Waals surface area contributed by atoms with Gasteiger partial charge in [0.1, 0.15) is 6.42 Å². The van der Waals surface area contributed by atoms with Crippen molar-refractivity contribution in [2.75, 3.05) is 27.4 Å². The molecule has 1 rings (SSSR count). The molecule has 0 bridgehead atoms. The Labute approximate surface area is 128 Å². The van der Waals surface area contributed by atoms with E-state index in [0.717, 1.165) is 0 Å². The van der Waals surface area contributed by atoms with Crippen molar-refractivity contribution in [3.63, 3.8) is 0 Å². The zero-order valence-corrected chi connectivity index (χ0v) is 12.5. The molecule has 0 unspecified atom stereocenters. The van der Waals surface area contributed by atoms with Crippen LogP contribution >= 0.6 is 0 Å². The third kappa shape index (κ3) is 6.23. The van der Waals surface area contributed by atoms with Crippen LogP contribution in [0.5, 0.6) is 11.5 Å². The molecule has 2 amide bonds. The summed E-state index contributed by atoms with van der Waals surface area (Å²) in [6.07, 6.45) is 1.06. The highest BCUT2D eigenvalue weighted by molar-refractivity contribution is 5.97. The maximum absolute atomic E-state index is 11.5. The van der Waals surface area contributed by atoms with Crippen LogP contribution in [0.4, 0.5) is 0 Å². The number of phenols is 1. The summed E-state index contributed by atoms with van der Waals surface area (Å²) < 4.78 is 9.72. The normalized spacial score (nSPS) is 10.5. The van der Waals surface area contributed by atoms with E-state index >= 15 is 0 Å². The van der Waals surface area contributed by atoms with E-state index in [9.17, 15) is 14.7 Å². The Morgan fingerprint density at radius 3 is 2.77 bits per heavy atom. The summed E-state index contributed by atoms with van der Waals surface area (Å²) in [5.41, 5.74) is 2.86. The second-order valence-corrected chi connectivity index (χ2v) is 4.24. The second-order valence-electron chi connectivity index (χ2n) is 4.24. The number of amides is 2. The molecule has 0 heterocycles. The van der Waals surface area contributed by atoms with Crippen LogP contribution in [0.25, 0.3) is 0 Å². The van der Waals surface area contributed by atoms with Crippen molar-refractivity contribution in [2.45, 2.75) is 6.42 Å². The summed E-state index contributed by atoms with van der Waals surface area (Å²) in [6, 6.07) is 4.61. The molecule has 1 aromatic rings. The Balaban J connectivity index is 2.41. The van der Waals surface area contributed by atoms with E-state index in [-0.39, 0.29) is 12.2 Å². The van der Waals surface area contributed by atoms with Gasteiger partial charge in [-0.1, -0.05) is 0 Å². The smallest absolute Gasteiger partial charge is 0.249 e. The molecule has 8 heteroatoms. The number of hydrazone groups is 1. The van der Waals surface area contributed by atoms with Gasteiger partial charge in [0, 0.05) is 13.7 Å². The van der Waals surface area contributed by atoms with Crippen molar-refractivity contribution in [1.29, 1.82) is 0 Å². The first-order chi connectivity index (χ1) is 10.6. The van der Waals surface area contributed by atoms with Crippen LogP contribution in [-0.2, 0) is 14.3 Å². The summed E-state index contributed by atoms with van der Waals surface area (Å²) in [7, 11) is 2.95. The Bertz CT molecular complexity index is 545. The van der Waals surface area contributed by atoms with Crippen LogP contribution in [0, 0.1) is 0 Å². The molecular weight excluding hydrogens is 290 g/mol. The van der Waals surface area contributed by atoms with Crippen molar-refractivity contribution >= 4 is 18.0 Å². The summed E-state index contributed by atoms with van der Waals surface area (Å²) in [5.74, 6) is -0.628. The predicted molar refractivity (Wildman–Crippen MR) is 79.9 cm³/mol. The number of hydrogen-bond donors (Lipinski definition) is 3. The highest BCUT2D eigenvalue weighted by atomic mass is 16.5. The zero-order chi connectivity index (χ0) is 16.4. The van der Waals surface area contributed by atoms with E-state index in [1.54, 1.807) is 12.1 Å². The molecule has 8 nitrogen and oxygen atoms in total. The minimum atomic E-state index is -0.531. The van der Waals surface area contributed by atoms with Crippen LogP contribution in [0.1, 0.15) is 12.0 Å². The number of carbonyl (C=O) groups is 2. The fourth-order valence-electron chi connectivity index (χ4n) is 1.49. The van der Waals surface area contributed by atoms with E-state index in [2.05, 4.69) is 15.8 Å². The number of methoxy groups -OCH3 is 2. The molecule has 120 valence electrons. The van der Waals surface area contributed by atoms with Gasteiger partial charge >= 0.3 is 0 Å². The quantitative estimate of drug-likeness (QED) is 0.271. The third-order valence-corrected chi connectivity index (χ3v) is 2.56. The SMILES string of the molecule is COCCNC(=O)CC(=O)N/N=C\c1ccc(O)c(OC)c1. The molecular formula is C14H19N3O5. The summed E-state index contributed by atoms with van der Waals surface area (Å²) >= 11 is 0. The lowest BCUT2D eigenvalue weighted by Gasteiger charge is -2.04. The fourth-order valence-corrected chi connectivity index (χ4v) is 1.49. The van der Waals surface area contributed by atoms with Crippen molar-refractivity contribution < 1.29 is 24.2 Å². The molecule has 0 spiro atoms. The number of ether oxygens (including phenoxy) is 2. The van der Waals surface area contributed by atoms with Gasteiger partial charge in [0.15, 0.2) is 11.5 Å². The molecule has 0 radical (unpaired) electrons. The van der Waals surface area contributed by atoms with Gasteiger partial charge in [-0.05, 0) is 23.8 Å². The average Bonchev–Trinajstić information content (AvgIpc) is 2.49. The van der Waals surface area contributed by atoms with Gasteiger partial charge in [0.25, 0.3) is 0 Å². The lowest BCUT2D eigenvalue weighted by atomic mass is 10.2. The van der Waals surface area contributed by atoms with E-state index in [1.807, 2.05) is 0 Å². The number of benzene rings is 1. The molecule has 0 fully saturated rings. The van der Waals surface area contributed by atoms with Crippen LogP contribution in [0.15, 0.2) is 23.3 Å². The van der Waals surface area contributed by atoms with Crippen molar-refractivity contribution in [2.24, 2.45) is 5.10 Å². The molecule has 0 aliphatic carbocycles. The molecule has 0 atom stereocenters. The van der Waals surface area contributed by atoms with Crippen LogP contribution < -0.4 is 15.5 Å². The van der Waals surface area contributed by atoms with Crippen molar-refractivity contribution in [3.8, 4) is 11.5 Å². The predicted octanol–water partition coefficient (Wildman–Crippen LogP) is 0.00360. The Morgan fingerprint density at radius 1 is 1.32 bits per heavy atom. The minimum Gasteiger partial charge on any atom is -0.504 e. The maximum Gasteiger partial charge on any atom is 0.249 e. The van der Waals surface area contributed by atoms with Gasteiger partial charge in [-0.3, -0.25) is 9.59 Å². The van der Waals surface area contributed by atoms with Gasteiger partial charge in [-0.15, -0.1) is 0 Å². The molecule has 0 saturated carbocycles. The molecule has 0 aromatic heterocycles. The average molecular weight is 309 g/mol. The molecule has 3 N–H and O–H groups in total. The van der Waals surface area contributed by atoms with Gasteiger partial charge < -0.3 is 19.9 Å². The highest BCUT2D eigenvalue weighted by Crippen LogP contribution is 2.25. The van der Waals surface area contributed by atoms with Crippen LogP contribution in [0.3, 0.4) is 0 Å². The number of phenolic OH excluding ortho intramolecular Hbond substituents is 1. The third-order valence-electron chi connectivity index (χ3n) is 2.56. The van der Waals surface area contributed by atoms with E-state index in [0.29, 0.717) is 24.5 Å². The first-order valence-electron chi connectivity index (χ1n) is 6.51. The number of nitrogens with one attached hydrogen (secondary N) is 2.